The van der Waals surface area contributed by atoms with E-state index in [1.165, 1.54) is 12.1 Å². The van der Waals surface area contributed by atoms with Crippen LogP contribution in [0, 0.1) is 0 Å². The van der Waals surface area contributed by atoms with Crippen molar-refractivity contribution in [3.05, 3.63) is 35.9 Å². The van der Waals surface area contributed by atoms with Gasteiger partial charge in [0.1, 0.15) is 0 Å². The maximum atomic E-state index is 11.7. The maximum Gasteiger partial charge on any atom is 0.272 e. The van der Waals surface area contributed by atoms with Crippen LogP contribution in [0.5, 0.6) is 0 Å². The zero-order chi connectivity index (χ0) is 11.3. The van der Waals surface area contributed by atoms with Crippen molar-refractivity contribution in [3.8, 4) is 0 Å². The summed E-state index contributed by atoms with van der Waals surface area (Å²) in [4.78, 5) is 22.7. The van der Waals surface area contributed by atoms with Gasteiger partial charge in [-0.05, 0) is 12.1 Å². The van der Waals surface area contributed by atoms with Crippen molar-refractivity contribution in [1.29, 1.82) is 0 Å². The van der Waals surface area contributed by atoms with Gasteiger partial charge in [-0.15, -0.1) is 0 Å². The van der Waals surface area contributed by atoms with Gasteiger partial charge in [0.05, 0.1) is 5.33 Å². The van der Waals surface area contributed by atoms with E-state index in [1.54, 1.807) is 24.3 Å². The van der Waals surface area contributed by atoms with Crippen molar-refractivity contribution in [1.82, 2.24) is 10.4 Å². The van der Waals surface area contributed by atoms with Crippen molar-refractivity contribution in [3.63, 3.8) is 0 Å². The van der Waals surface area contributed by atoms with Gasteiger partial charge in [0.2, 0.25) is 5.91 Å². The molecule has 0 atom stereocenters. The molecule has 0 bridgehead atoms. The summed E-state index contributed by atoms with van der Waals surface area (Å²) in [7, 11) is 1.51. The highest BCUT2D eigenvalue weighted by atomic mass is 79.9. The Balaban J connectivity index is 2.65. The highest BCUT2D eigenvalue weighted by molar-refractivity contribution is 9.09. The lowest BCUT2D eigenvalue weighted by molar-refractivity contribution is -0.121. The van der Waals surface area contributed by atoms with Crippen LogP contribution in [0.4, 0.5) is 0 Å². The summed E-state index contributed by atoms with van der Waals surface area (Å²) in [5.41, 5.74) is 2.96. The predicted octanol–water partition coefficient (Wildman–Crippen LogP) is 1.18. The number of rotatable bonds is 2. The third kappa shape index (κ3) is 3.36. The van der Waals surface area contributed by atoms with E-state index in [4.69, 9.17) is 0 Å². The largest absolute Gasteiger partial charge is 0.272 e. The van der Waals surface area contributed by atoms with Crippen LogP contribution in [0.25, 0.3) is 0 Å². The van der Waals surface area contributed by atoms with Gasteiger partial charge < -0.3 is 0 Å². The molecule has 80 valence electrons. The molecule has 2 amide bonds. The molecule has 0 saturated heterocycles. The first-order valence-electron chi connectivity index (χ1n) is 4.33. The average molecular weight is 271 g/mol. The lowest BCUT2D eigenvalue weighted by Crippen LogP contribution is -2.43. The minimum atomic E-state index is -0.262. The summed E-state index contributed by atoms with van der Waals surface area (Å²) in [5.74, 6) is -0.508. The molecule has 1 aromatic carbocycles. The maximum absolute atomic E-state index is 11.7. The fourth-order valence-corrected chi connectivity index (χ4v) is 1.17. The molecule has 0 aromatic heterocycles. The normalized spacial score (nSPS) is 9.47. The second-order valence-electron chi connectivity index (χ2n) is 2.90. The molecule has 4 nitrogen and oxygen atoms in total. The molecule has 0 aliphatic rings. The minimum absolute atomic E-state index is 0.166. The topological polar surface area (TPSA) is 49.4 Å². The van der Waals surface area contributed by atoms with E-state index in [2.05, 4.69) is 21.4 Å². The molecular weight excluding hydrogens is 260 g/mol. The van der Waals surface area contributed by atoms with E-state index in [1.807, 2.05) is 6.07 Å². The van der Waals surface area contributed by atoms with Crippen LogP contribution in [0.2, 0.25) is 0 Å². The fourth-order valence-electron chi connectivity index (χ4n) is 1.04. The second kappa shape index (κ2) is 5.50. The molecule has 0 spiro atoms. The first-order chi connectivity index (χ1) is 7.15. The zero-order valence-electron chi connectivity index (χ0n) is 8.24. The van der Waals surface area contributed by atoms with E-state index in [9.17, 15) is 9.59 Å². The van der Waals surface area contributed by atoms with Crippen LogP contribution in [-0.4, -0.2) is 29.2 Å². The molecule has 1 aromatic rings. The van der Waals surface area contributed by atoms with Crippen molar-refractivity contribution in [2.45, 2.75) is 0 Å². The molecule has 0 aliphatic carbocycles. The van der Waals surface area contributed by atoms with Crippen molar-refractivity contribution in [2.75, 3.05) is 12.4 Å². The van der Waals surface area contributed by atoms with Crippen molar-refractivity contribution >= 4 is 27.7 Å². The number of nitrogens with one attached hydrogen (secondary N) is 1. The molecule has 0 radical (unpaired) electrons. The summed E-state index contributed by atoms with van der Waals surface area (Å²) in [6.45, 7) is 0. The summed E-state index contributed by atoms with van der Waals surface area (Å²) < 4.78 is 0. The van der Waals surface area contributed by atoms with Gasteiger partial charge in [0.25, 0.3) is 5.91 Å². The number of benzene rings is 1. The average Bonchev–Trinajstić information content (AvgIpc) is 2.29. The summed E-state index contributed by atoms with van der Waals surface area (Å²) >= 11 is 3.00. The SMILES string of the molecule is CN(NC(=O)CBr)C(=O)c1ccccc1. The monoisotopic (exact) mass is 270 g/mol. The lowest BCUT2D eigenvalue weighted by atomic mass is 10.2. The highest BCUT2D eigenvalue weighted by Gasteiger charge is 2.12. The Bertz CT molecular complexity index is 354. The Morgan fingerprint density at radius 2 is 1.93 bits per heavy atom. The Morgan fingerprint density at radius 1 is 1.33 bits per heavy atom. The van der Waals surface area contributed by atoms with Crippen LogP contribution in [-0.2, 0) is 4.79 Å². The molecule has 0 unspecified atom stereocenters. The third-order valence-corrected chi connectivity index (χ3v) is 2.25. The quantitative estimate of drug-likeness (QED) is 0.648. The Kier molecular flexibility index (Phi) is 4.30. The number of hydrogen-bond acceptors (Lipinski definition) is 2. The molecular formula is C10H11BrN2O2. The predicted molar refractivity (Wildman–Crippen MR) is 60.5 cm³/mol. The lowest BCUT2D eigenvalue weighted by Gasteiger charge is -2.17. The van der Waals surface area contributed by atoms with E-state index < -0.39 is 0 Å². The minimum Gasteiger partial charge on any atom is -0.272 e. The fraction of sp³-hybridized carbons (Fsp3) is 0.200. The molecule has 0 aliphatic heterocycles. The van der Waals surface area contributed by atoms with Gasteiger partial charge in [-0.25, -0.2) is 0 Å². The van der Waals surface area contributed by atoms with E-state index in [0.717, 1.165) is 0 Å². The van der Waals surface area contributed by atoms with Crippen molar-refractivity contribution in [2.24, 2.45) is 0 Å². The van der Waals surface area contributed by atoms with E-state index in [0.29, 0.717) is 5.56 Å². The van der Waals surface area contributed by atoms with Crippen LogP contribution in [0.15, 0.2) is 30.3 Å². The third-order valence-electron chi connectivity index (χ3n) is 1.74. The van der Waals surface area contributed by atoms with E-state index >= 15 is 0 Å². The Morgan fingerprint density at radius 3 is 2.47 bits per heavy atom. The molecule has 0 saturated carbocycles. The first kappa shape index (κ1) is 11.7. The number of carbonyl (C=O) groups excluding carboxylic acids is 2. The summed E-state index contributed by atoms with van der Waals surface area (Å²) in [6, 6.07) is 8.76. The highest BCUT2D eigenvalue weighted by Crippen LogP contribution is 2.01. The molecule has 15 heavy (non-hydrogen) atoms. The molecule has 0 fully saturated rings. The molecule has 5 heteroatoms. The van der Waals surface area contributed by atoms with Crippen LogP contribution < -0.4 is 5.43 Å². The number of hydrazine groups is 1. The number of nitrogens with zero attached hydrogens (tertiary/aromatic N) is 1. The van der Waals surface area contributed by atoms with Crippen LogP contribution >= 0.6 is 15.9 Å². The van der Waals surface area contributed by atoms with Gasteiger partial charge in [-0.1, -0.05) is 34.1 Å². The van der Waals surface area contributed by atoms with Gasteiger partial charge in [-0.3, -0.25) is 20.0 Å². The molecule has 0 heterocycles. The summed E-state index contributed by atoms with van der Waals surface area (Å²) in [6.07, 6.45) is 0. The number of amides is 2. The number of hydrogen-bond donors (Lipinski definition) is 1. The Labute approximate surface area is 96.4 Å². The molecule has 1 N–H and O–H groups in total. The van der Waals surface area contributed by atoms with Gasteiger partial charge in [0.15, 0.2) is 0 Å². The number of alkyl halides is 1. The number of halogens is 1. The van der Waals surface area contributed by atoms with Gasteiger partial charge in [-0.2, -0.15) is 0 Å². The molecule has 1 rings (SSSR count). The summed E-state index contributed by atoms with van der Waals surface area (Å²) in [5, 5.41) is 1.33. The smallest absolute Gasteiger partial charge is 0.272 e. The Hall–Kier alpha value is -1.36. The van der Waals surface area contributed by atoms with Crippen LogP contribution in [0.3, 0.4) is 0 Å². The van der Waals surface area contributed by atoms with Crippen molar-refractivity contribution < 1.29 is 9.59 Å². The number of carbonyl (C=O) groups is 2. The first-order valence-corrected chi connectivity index (χ1v) is 5.46. The second-order valence-corrected chi connectivity index (χ2v) is 3.46. The van der Waals surface area contributed by atoms with Gasteiger partial charge in [0, 0.05) is 12.6 Å². The van der Waals surface area contributed by atoms with E-state index in [-0.39, 0.29) is 17.1 Å². The van der Waals surface area contributed by atoms with Gasteiger partial charge >= 0.3 is 0 Å². The standard InChI is InChI=1S/C10H11BrN2O2/c1-13(12-9(14)7-11)10(15)8-5-3-2-4-6-8/h2-6H,7H2,1H3,(H,12,14). The zero-order valence-corrected chi connectivity index (χ0v) is 9.82. The van der Waals surface area contributed by atoms with Crippen LogP contribution in [0.1, 0.15) is 10.4 Å².